The number of alkyl halides is 3. The molecule has 0 spiro atoms. The molecule has 0 fully saturated rings. The van der Waals surface area contributed by atoms with Gasteiger partial charge in [-0.15, -0.1) is 21.5 Å². The number of carbonyl (C=O) groups excluding carboxylic acids is 1. The average molecular weight is 586 g/mol. The van der Waals surface area contributed by atoms with Crippen molar-refractivity contribution in [1.82, 2.24) is 19.7 Å². The number of carbonyl (C=O) groups is 1. The van der Waals surface area contributed by atoms with Crippen molar-refractivity contribution in [2.75, 3.05) is 11.1 Å². The van der Waals surface area contributed by atoms with E-state index in [1.165, 1.54) is 29.2 Å². The molecule has 5 aromatic rings. The van der Waals surface area contributed by atoms with Crippen molar-refractivity contribution in [2.24, 2.45) is 0 Å². The van der Waals surface area contributed by atoms with E-state index in [4.69, 9.17) is 11.6 Å². The van der Waals surface area contributed by atoms with Crippen LogP contribution in [0.5, 0.6) is 0 Å². The predicted octanol–water partition coefficient (Wildman–Crippen LogP) is 7.38. The minimum Gasteiger partial charge on any atom is -0.301 e. The summed E-state index contributed by atoms with van der Waals surface area (Å²) < 4.78 is 40.9. The number of thioether (sulfide) groups is 1. The van der Waals surface area contributed by atoms with Crippen LogP contribution < -0.4 is 5.32 Å². The number of halogens is 4. The van der Waals surface area contributed by atoms with Crippen LogP contribution in [0.2, 0.25) is 5.02 Å². The lowest BCUT2D eigenvalue weighted by Gasteiger charge is -2.10. The minimum atomic E-state index is -4.40. The maximum atomic E-state index is 13.0. The summed E-state index contributed by atoms with van der Waals surface area (Å²) in [6, 6.07) is 22.0. The van der Waals surface area contributed by atoms with Crippen molar-refractivity contribution in [3.63, 3.8) is 0 Å². The molecule has 3 aromatic carbocycles. The predicted molar refractivity (Wildman–Crippen MR) is 148 cm³/mol. The van der Waals surface area contributed by atoms with Crippen LogP contribution in [-0.2, 0) is 17.4 Å². The molecule has 39 heavy (non-hydrogen) atoms. The Hall–Kier alpha value is -3.67. The van der Waals surface area contributed by atoms with Crippen LogP contribution in [0.4, 0.5) is 18.3 Å². The molecule has 0 bridgehead atoms. The van der Waals surface area contributed by atoms with Crippen molar-refractivity contribution in [3.8, 4) is 17.1 Å². The number of hydrogen-bond donors (Lipinski definition) is 1. The summed E-state index contributed by atoms with van der Waals surface area (Å²) in [5.41, 5.74) is 1.48. The van der Waals surface area contributed by atoms with Gasteiger partial charge < -0.3 is 5.32 Å². The molecule has 0 aliphatic heterocycles. The maximum absolute atomic E-state index is 13.0. The molecule has 0 saturated heterocycles. The van der Waals surface area contributed by atoms with Gasteiger partial charge in [0.15, 0.2) is 16.1 Å². The molecule has 0 atom stereocenters. The van der Waals surface area contributed by atoms with Gasteiger partial charge in [0.2, 0.25) is 5.91 Å². The van der Waals surface area contributed by atoms with Gasteiger partial charge in [0.05, 0.1) is 11.3 Å². The van der Waals surface area contributed by atoms with E-state index in [1.807, 2.05) is 47.0 Å². The van der Waals surface area contributed by atoms with Crippen molar-refractivity contribution in [3.05, 3.63) is 106 Å². The lowest BCUT2D eigenvalue weighted by Crippen LogP contribution is -2.14. The number of aromatic nitrogens is 4. The molecule has 1 N–H and O–H groups in total. The van der Waals surface area contributed by atoms with Gasteiger partial charge in [-0.05, 0) is 35.9 Å². The van der Waals surface area contributed by atoms with E-state index in [2.05, 4.69) is 20.5 Å². The summed E-state index contributed by atoms with van der Waals surface area (Å²) >= 11 is 8.50. The first-order chi connectivity index (χ1) is 18.8. The fourth-order valence-corrected chi connectivity index (χ4v) is 5.49. The number of amides is 1. The number of nitrogens with zero attached hydrogens (tertiary/aromatic N) is 4. The average Bonchev–Trinajstić information content (AvgIpc) is 3.55. The minimum absolute atomic E-state index is 0.0447. The SMILES string of the molecule is O=C(CSc1nnc(-c2ccccc2)n1-c1ccc(Cl)cc1)Nc1ncc(Cc2cccc(C(F)(F)F)c2)s1. The molecule has 2 aromatic heterocycles. The second-order valence-corrected chi connectivity index (χ2v) is 10.8. The normalized spacial score (nSPS) is 11.5. The Balaban J connectivity index is 1.26. The van der Waals surface area contributed by atoms with E-state index >= 15 is 0 Å². The standard InChI is InChI=1S/C27H19ClF3N5OS2/c28-20-9-11-21(12-10-20)36-24(18-6-2-1-3-7-18)34-35-26(36)38-16-23(37)33-25-32-15-22(39-25)14-17-5-4-8-19(13-17)27(29,30)31/h1-13,15H,14,16H2,(H,32,33,37). The lowest BCUT2D eigenvalue weighted by molar-refractivity contribution is -0.137. The molecule has 2 heterocycles. The second-order valence-electron chi connectivity index (χ2n) is 8.33. The van der Waals surface area contributed by atoms with Gasteiger partial charge in [0.1, 0.15) is 0 Å². The zero-order valence-electron chi connectivity index (χ0n) is 20.0. The topological polar surface area (TPSA) is 72.7 Å². The third-order valence-corrected chi connectivity index (χ3v) is 7.61. The van der Waals surface area contributed by atoms with Crippen LogP contribution in [0.1, 0.15) is 16.0 Å². The van der Waals surface area contributed by atoms with Crippen LogP contribution in [-0.4, -0.2) is 31.4 Å². The molecule has 12 heteroatoms. The van der Waals surface area contributed by atoms with Gasteiger partial charge >= 0.3 is 6.18 Å². The highest BCUT2D eigenvalue weighted by Gasteiger charge is 2.30. The number of benzene rings is 3. The van der Waals surface area contributed by atoms with Crippen molar-refractivity contribution < 1.29 is 18.0 Å². The van der Waals surface area contributed by atoms with Gasteiger partial charge in [0, 0.05) is 33.8 Å². The molecule has 198 valence electrons. The lowest BCUT2D eigenvalue weighted by atomic mass is 10.1. The highest BCUT2D eigenvalue weighted by Crippen LogP contribution is 2.31. The third kappa shape index (κ3) is 6.67. The zero-order chi connectivity index (χ0) is 27.4. The first-order valence-electron chi connectivity index (χ1n) is 11.6. The number of rotatable bonds is 8. The van der Waals surface area contributed by atoms with Crippen LogP contribution in [0.3, 0.4) is 0 Å². The fourth-order valence-electron chi connectivity index (χ4n) is 3.75. The van der Waals surface area contributed by atoms with Crippen LogP contribution >= 0.6 is 34.7 Å². The Labute approximate surface area is 234 Å². The van der Waals surface area contributed by atoms with E-state index in [0.717, 1.165) is 28.3 Å². The molecule has 0 radical (unpaired) electrons. The Morgan fingerprint density at radius 3 is 2.51 bits per heavy atom. The monoisotopic (exact) mass is 585 g/mol. The largest absolute Gasteiger partial charge is 0.416 e. The smallest absolute Gasteiger partial charge is 0.301 e. The van der Waals surface area contributed by atoms with Crippen LogP contribution in [0.15, 0.2) is 90.2 Å². The molecule has 0 aliphatic rings. The zero-order valence-corrected chi connectivity index (χ0v) is 22.4. The van der Waals surface area contributed by atoms with Gasteiger partial charge in [0.25, 0.3) is 0 Å². The summed E-state index contributed by atoms with van der Waals surface area (Å²) in [6.07, 6.45) is -2.57. The van der Waals surface area contributed by atoms with Gasteiger partial charge in [-0.3, -0.25) is 9.36 Å². The molecule has 1 amide bonds. The number of anilines is 1. The van der Waals surface area contributed by atoms with E-state index in [1.54, 1.807) is 24.4 Å². The summed E-state index contributed by atoms with van der Waals surface area (Å²) in [4.78, 5) is 17.6. The Morgan fingerprint density at radius 1 is 1.00 bits per heavy atom. The molecular formula is C27H19ClF3N5OS2. The summed E-state index contributed by atoms with van der Waals surface area (Å²) in [5, 5.41) is 12.9. The van der Waals surface area contributed by atoms with Crippen molar-refractivity contribution in [1.29, 1.82) is 0 Å². The summed E-state index contributed by atoms with van der Waals surface area (Å²) in [5.74, 6) is 0.371. The summed E-state index contributed by atoms with van der Waals surface area (Å²) in [7, 11) is 0. The van der Waals surface area contributed by atoms with E-state index in [-0.39, 0.29) is 18.1 Å². The number of hydrogen-bond acceptors (Lipinski definition) is 6. The van der Waals surface area contributed by atoms with E-state index in [9.17, 15) is 18.0 Å². The van der Waals surface area contributed by atoms with Crippen molar-refractivity contribution in [2.45, 2.75) is 17.8 Å². The molecule has 6 nitrogen and oxygen atoms in total. The first-order valence-corrected chi connectivity index (χ1v) is 13.7. The van der Waals surface area contributed by atoms with E-state index < -0.39 is 11.7 Å². The first kappa shape index (κ1) is 26.9. The Kier molecular flexibility index (Phi) is 8.01. The maximum Gasteiger partial charge on any atom is 0.416 e. The number of nitrogens with one attached hydrogen (secondary N) is 1. The highest BCUT2D eigenvalue weighted by molar-refractivity contribution is 7.99. The Bertz CT molecular complexity index is 1590. The second kappa shape index (κ2) is 11.6. The Morgan fingerprint density at radius 2 is 1.77 bits per heavy atom. The summed E-state index contributed by atoms with van der Waals surface area (Å²) in [6.45, 7) is 0. The molecule has 0 aliphatic carbocycles. The van der Waals surface area contributed by atoms with Crippen molar-refractivity contribution >= 4 is 45.7 Å². The molecule has 5 rings (SSSR count). The molecular weight excluding hydrogens is 567 g/mol. The van der Waals surface area contributed by atoms with Gasteiger partial charge in [-0.25, -0.2) is 4.98 Å². The van der Waals surface area contributed by atoms with Gasteiger partial charge in [-0.2, -0.15) is 13.2 Å². The molecule has 0 saturated carbocycles. The quantitative estimate of drug-likeness (QED) is 0.192. The third-order valence-electron chi connectivity index (χ3n) is 5.52. The number of thiazole rings is 1. The molecule has 0 unspecified atom stereocenters. The highest BCUT2D eigenvalue weighted by atomic mass is 35.5. The van der Waals surface area contributed by atoms with Crippen LogP contribution in [0, 0.1) is 0 Å². The van der Waals surface area contributed by atoms with Crippen LogP contribution in [0.25, 0.3) is 17.1 Å². The fraction of sp³-hybridized carbons (Fsp3) is 0.111. The van der Waals surface area contributed by atoms with E-state index in [0.29, 0.717) is 26.7 Å². The van der Waals surface area contributed by atoms with Gasteiger partial charge in [-0.1, -0.05) is 71.9 Å².